The topological polar surface area (TPSA) is 35.6 Å². The third-order valence-electron chi connectivity index (χ3n) is 3.56. The Morgan fingerprint density at radius 2 is 2.06 bits per heavy atom. The van der Waals surface area contributed by atoms with Crippen molar-refractivity contribution in [3.8, 4) is 0 Å². The fourth-order valence-electron chi connectivity index (χ4n) is 2.63. The van der Waals surface area contributed by atoms with E-state index in [2.05, 4.69) is 34.6 Å². The first-order valence-electron chi connectivity index (χ1n) is 6.28. The van der Waals surface area contributed by atoms with Gasteiger partial charge in [-0.15, -0.1) is 0 Å². The highest BCUT2D eigenvalue weighted by molar-refractivity contribution is 5.96. The van der Waals surface area contributed by atoms with Crippen molar-refractivity contribution >= 4 is 5.78 Å². The second-order valence-electron chi connectivity index (χ2n) is 4.77. The summed E-state index contributed by atoms with van der Waals surface area (Å²) in [7, 11) is 1.91. The molecule has 0 saturated heterocycles. The average molecular weight is 243 g/mol. The minimum absolute atomic E-state index is 0.252. The number of carbonyl (C=O) groups excluding carboxylic acids is 1. The molecule has 0 saturated carbocycles. The van der Waals surface area contributed by atoms with Crippen LogP contribution in [0.4, 0.5) is 0 Å². The van der Waals surface area contributed by atoms with Crippen LogP contribution in [-0.4, -0.2) is 35.8 Å². The van der Waals surface area contributed by atoms with Gasteiger partial charge in [-0.25, -0.2) is 5.43 Å². The van der Waals surface area contributed by atoms with Crippen molar-refractivity contribution in [2.45, 2.75) is 13.0 Å². The molecule has 1 aromatic carbocycles. The maximum absolute atomic E-state index is 11.9. The highest BCUT2D eigenvalue weighted by Gasteiger charge is 2.32. The second-order valence-corrected chi connectivity index (χ2v) is 4.77. The quantitative estimate of drug-likeness (QED) is 0.844. The lowest BCUT2D eigenvalue weighted by atomic mass is 10.1. The van der Waals surface area contributed by atoms with Gasteiger partial charge in [-0.2, -0.15) is 0 Å². The van der Waals surface area contributed by atoms with Gasteiger partial charge in [0.05, 0.1) is 12.2 Å². The molecule has 94 valence electrons. The van der Waals surface area contributed by atoms with Crippen molar-refractivity contribution < 1.29 is 4.79 Å². The number of hydrogen-bond donors (Lipinski definition) is 1. The van der Waals surface area contributed by atoms with Crippen LogP contribution < -0.4 is 5.43 Å². The van der Waals surface area contributed by atoms with Gasteiger partial charge in [0.15, 0.2) is 5.78 Å². The van der Waals surface area contributed by atoms with Gasteiger partial charge in [0.25, 0.3) is 0 Å². The molecule has 0 fully saturated rings. The molecule has 0 unspecified atom stereocenters. The van der Waals surface area contributed by atoms with E-state index in [4.69, 9.17) is 0 Å². The standard InChI is InChI=1S/C14H17N3O/c1-16-14-12(9-15-16)17(8-7-13(14)18)10-11-5-3-2-4-6-11/h2-6,15H,7-10H2,1H3. The van der Waals surface area contributed by atoms with Gasteiger partial charge < -0.3 is 9.91 Å². The number of hydrazine groups is 1. The van der Waals surface area contributed by atoms with E-state index in [9.17, 15) is 4.79 Å². The predicted molar refractivity (Wildman–Crippen MR) is 69.3 cm³/mol. The van der Waals surface area contributed by atoms with E-state index in [1.165, 1.54) is 5.56 Å². The molecule has 0 spiro atoms. The number of benzene rings is 1. The van der Waals surface area contributed by atoms with E-state index >= 15 is 0 Å². The number of nitrogens with one attached hydrogen (secondary N) is 1. The summed E-state index contributed by atoms with van der Waals surface area (Å²) >= 11 is 0. The van der Waals surface area contributed by atoms with E-state index in [0.29, 0.717) is 6.42 Å². The van der Waals surface area contributed by atoms with Gasteiger partial charge in [-0.3, -0.25) is 4.79 Å². The molecule has 2 aliphatic heterocycles. The van der Waals surface area contributed by atoms with Crippen molar-refractivity contribution in [1.29, 1.82) is 0 Å². The Morgan fingerprint density at radius 3 is 2.83 bits per heavy atom. The molecule has 1 N–H and O–H groups in total. The zero-order valence-electron chi connectivity index (χ0n) is 10.5. The normalized spacial score (nSPS) is 19.5. The zero-order chi connectivity index (χ0) is 12.5. The van der Waals surface area contributed by atoms with Gasteiger partial charge in [-0.05, 0) is 5.56 Å². The zero-order valence-corrected chi connectivity index (χ0v) is 10.5. The molecule has 0 aliphatic carbocycles. The number of allylic oxidation sites excluding steroid dienone is 1. The van der Waals surface area contributed by atoms with Crippen LogP contribution >= 0.6 is 0 Å². The first-order valence-corrected chi connectivity index (χ1v) is 6.28. The first-order chi connectivity index (χ1) is 8.75. The number of nitrogens with zero attached hydrogens (tertiary/aromatic N) is 2. The Labute approximate surface area is 107 Å². The summed E-state index contributed by atoms with van der Waals surface area (Å²) in [6.45, 7) is 2.45. The SMILES string of the molecule is CN1NCC2=C1C(=O)CCN2Cc1ccccc1. The van der Waals surface area contributed by atoms with Crippen LogP contribution in [0.1, 0.15) is 12.0 Å². The number of likely N-dealkylation sites (N-methyl/N-ethyl adjacent to an activating group) is 1. The summed E-state index contributed by atoms with van der Waals surface area (Å²) in [4.78, 5) is 14.2. The van der Waals surface area contributed by atoms with Crippen molar-refractivity contribution in [2.75, 3.05) is 20.1 Å². The molecule has 18 heavy (non-hydrogen) atoms. The fourth-order valence-corrected chi connectivity index (χ4v) is 2.63. The lowest BCUT2D eigenvalue weighted by Gasteiger charge is -2.30. The van der Waals surface area contributed by atoms with E-state index in [-0.39, 0.29) is 5.78 Å². The number of Topliss-reactive ketones (excluding diaryl/α,β-unsaturated/α-hetero) is 1. The van der Waals surface area contributed by atoms with Gasteiger partial charge in [0, 0.05) is 26.6 Å². The molecule has 0 atom stereocenters. The van der Waals surface area contributed by atoms with Crippen molar-refractivity contribution in [3.63, 3.8) is 0 Å². The number of ketones is 1. The van der Waals surface area contributed by atoms with Gasteiger partial charge >= 0.3 is 0 Å². The number of carbonyl (C=O) groups is 1. The Bertz CT molecular complexity index is 495. The van der Waals surface area contributed by atoms with Gasteiger partial charge in [0.2, 0.25) is 0 Å². The van der Waals surface area contributed by atoms with Gasteiger partial charge in [0.1, 0.15) is 5.70 Å². The summed E-state index contributed by atoms with van der Waals surface area (Å²) in [5.41, 5.74) is 6.47. The molecule has 2 aliphatic rings. The molecule has 0 bridgehead atoms. The summed E-state index contributed by atoms with van der Waals surface area (Å²) in [5.74, 6) is 0.252. The molecule has 4 nitrogen and oxygen atoms in total. The molecular weight excluding hydrogens is 226 g/mol. The summed E-state index contributed by atoms with van der Waals surface area (Å²) in [6.07, 6.45) is 0.609. The molecular formula is C14H17N3O. The van der Waals surface area contributed by atoms with E-state index in [1.807, 2.05) is 18.1 Å². The molecule has 2 heterocycles. The minimum Gasteiger partial charge on any atom is -0.367 e. The monoisotopic (exact) mass is 243 g/mol. The Hall–Kier alpha value is -1.81. The Kier molecular flexibility index (Phi) is 2.80. The molecule has 4 heteroatoms. The van der Waals surface area contributed by atoms with Crippen LogP contribution in [0.25, 0.3) is 0 Å². The molecule has 0 radical (unpaired) electrons. The number of rotatable bonds is 2. The summed E-state index contributed by atoms with van der Waals surface area (Å²) in [6, 6.07) is 10.4. The van der Waals surface area contributed by atoms with Crippen LogP contribution in [-0.2, 0) is 11.3 Å². The Balaban J connectivity index is 1.86. The Morgan fingerprint density at radius 1 is 1.28 bits per heavy atom. The smallest absolute Gasteiger partial charge is 0.183 e. The summed E-state index contributed by atoms with van der Waals surface area (Å²) in [5, 5.41) is 1.86. The van der Waals surface area contributed by atoms with Crippen LogP contribution in [0, 0.1) is 0 Å². The lowest BCUT2D eigenvalue weighted by molar-refractivity contribution is -0.118. The van der Waals surface area contributed by atoms with E-state index in [1.54, 1.807) is 0 Å². The second kappa shape index (κ2) is 4.46. The third-order valence-corrected chi connectivity index (χ3v) is 3.56. The minimum atomic E-state index is 0.252. The largest absolute Gasteiger partial charge is 0.367 e. The van der Waals surface area contributed by atoms with Crippen molar-refractivity contribution in [1.82, 2.24) is 15.3 Å². The maximum atomic E-state index is 11.9. The highest BCUT2D eigenvalue weighted by Crippen LogP contribution is 2.26. The van der Waals surface area contributed by atoms with E-state index in [0.717, 1.165) is 31.0 Å². The molecule has 3 rings (SSSR count). The maximum Gasteiger partial charge on any atom is 0.183 e. The van der Waals surface area contributed by atoms with Crippen LogP contribution in [0.15, 0.2) is 41.7 Å². The lowest BCUT2D eigenvalue weighted by Crippen LogP contribution is -2.34. The first kappa shape index (κ1) is 11.3. The fraction of sp³-hybridized carbons (Fsp3) is 0.357. The van der Waals surface area contributed by atoms with E-state index < -0.39 is 0 Å². The van der Waals surface area contributed by atoms with Crippen LogP contribution in [0.3, 0.4) is 0 Å². The molecule has 0 aromatic heterocycles. The predicted octanol–water partition coefficient (Wildman–Crippen LogP) is 1.12. The molecule has 0 amide bonds. The average Bonchev–Trinajstić information content (AvgIpc) is 2.78. The van der Waals surface area contributed by atoms with Crippen LogP contribution in [0.2, 0.25) is 0 Å². The third kappa shape index (κ3) is 1.88. The van der Waals surface area contributed by atoms with Gasteiger partial charge in [-0.1, -0.05) is 30.3 Å². The highest BCUT2D eigenvalue weighted by atomic mass is 16.1. The molecule has 1 aromatic rings. The van der Waals surface area contributed by atoms with Crippen molar-refractivity contribution in [3.05, 3.63) is 47.3 Å². The van der Waals surface area contributed by atoms with Crippen LogP contribution in [0.5, 0.6) is 0 Å². The van der Waals surface area contributed by atoms with Crippen molar-refractivity contribution in [2.24, 2.45) is 0 Å². The summed E-state index contributed by atoms with van der Waals surface area (Å²) < 4.78 is 0. The number of hydrogen-bond acceptors (Lipinski definition) is 4.